The molecule has 1 aromatic heterocycles. The molecule has 0 aliphatic heterocycles. The van der Waals surface area contributed by atoms with Gasteiger partial charge in [0, 0.05) is 18.8 Å². The summed E-state index contributed by atoms with van der Waals surface area (Å²) in [6, 6.07) is 10.9. The number of rotatable bonds is 4. The van der Waals surface area contributed by atoms with Crippen molar-refractivity contribution in [1.29, 1.82) is 0 Å². The Kier molecular flexibility index (Phi) is 4.03. The molecule has 0 radical (unpaired) electrons. The van der Waals surface area contributed by atoms with Gasteiger partial charge in [0.1, 0.15) is 5.56 Å². The second kappa shape index (κ2) is 5.74. The minimum absolute atomic E-state index is 0.117. The highest BCUT2D eigenvalue weighted by atomic mass is 16.4. The highest BCUT2D eigenvalue weighted by Gasteiger charge is 2.19. The van der Waals surface area contributed by atoms with E-state index in [-0.39, 0.29) is 5.56 Å². The van der Waals surface area contributed by atoms with Crippen LogP contribution in [0.4, 0.5) is 0 Å². The molecule has 1 aromatic carbocycles. The van der Waals surface area contributed by atoms with Gasteiger partial charge in [-0.25, -0.2) is 4.79 Å². The van der Waals surface area contributed by atoms with Crippen molar-refractivity contribution < 1.29 is 9.90 Å². The zero-order valence-electron chi connectivity index (χ0n) is 11.6. The first-order valence-corrected chi connectivity index (χ1v) is 6.57. The Hall–Kier alpha value is -2.36. The lowest BCUT2D eigenvalue weighted by Gasteiger charge is -2.16. The Labute approximate surface area is 117 Å². The van der Waals surface area contributed by atoms with Gasteiger partial charge in [0.25, 0.3) is 0 Å². The van der Waals surface area contributed by atoms with Gasteiger partial charge in [-0.3, -0.25) is 4.79 Å². The van der Waals surface area contributed by atoms with E-state index in [9.17, 15) is 14.7 Å². The fourth-order valence-corrected chi connectivity index (χ4v) is 2.39. The third-order valence-electron chi connectivity index (χ3n) is 3.34. The van der Waals surface area contributed by atoms with E-state index in [1.165, 1.54) is 6.07 Å². The number of aromatic carboxylic acids is 1. The molecular weight excluding hydrogens is 254 g/mol. The van der Waals surface area contributed by atoms with Gasteiger partial charge in [-0.15, -0.1) is 0 Å². The highest BCUT2D eigenvalue weighted by molar-refractivity contribution is 5.89. The van der Waals surface area contributed by atoms with Gasteiger partial charge in [-0.2, -0.15) is 0 Å². The molecule has 4 heteroatoms. The molecule has 0 fully saturated rings. The fourth-order valence-electron chi connectivity index (χ4n) is 2.39. The largest absolute Gasteiger partial charge is 0.477 e. The lowest BCUT2D eigenvalue weighted by atomic mass is 10.0. The van der Waals surface area contributed by atoms with E-state index in [2.05, 4.69) is 0 Å². The maximum absolute atomic E-state index is 12.1. The molecule has 20 heavy (non-hydrogen) atoms. The number of pyridine rings is 1. The summed E-state index contributed by atoms with van der Waals surface area (Å²) >= 11 is 0. The second-order valence-electron chi connectivity index (χ2n) is 4.70. The molecule has 0 atom stereocenters. The molecule has 1 heterocycles. The van der Waals surface area contributed by atoms with Crippen molar-refractivity contribution >= 4 is 5.97 Å². The van der Waals surface area contributed by atoms with Gasteiger partial charge >= 0.3 is 5.97 Å². The topological polar surface area (TPSA) is 59.3 Å². The summed E-state index contributed by atoms with van der Waals surface area (Å²) < 4.78 is 1.81. The molecule has 4 nitrogen and oxygen atoms in total. The molecule has 1 N–H and O–H groups in total. The van der Waals surface area contributed by atoms with Crippen molar-refractivity contribution in [2.45, 2.75) is 19.8 Å². The van der Waals surface area contributed by atoms with Crippen molar-refractivity contribution in [2.24, 2.45) is 7.05 Å². The number of carboxylic acid groups (broad SMARTS) is 1. The van der Waals surface area contributed by atoms with Crippen LogP contribution in [0.2, 0.25) is 0 Å². The van der Waals surface area contributed by atoms with Crippen LogP contribution in [0.1, 0.15) is 29.4 Å². The van der Waals surface area contributed by atoms with Crippen molar-refractivity contribution in [3.63, 3.8) is 0 Å². The number of hydrogen-bond acceptors (Lipinski definition) is 2. The molecule has 0 unspecified atom stereocenters. The Morgan fingerprint density at radius 2 is 1.90 bits per heavy atom. The van der Waals surface area contributed by atoms with Gasteiger partial charge < -0.3 is 9.67 Å². The SMILES string of the molecule is CCCc1c(C(=O)O)c(=O)cc(-c2ccccc2)n1C. The third kappa shape index (κ3) is 2.50. The van der Waals surface area contributed by atoms with Crippen LogP contribution in [0.25, 0.3) is 11.3 Å². The van der Waals surface area contributed by atoms with E-state index in [0.717, 1.165) is 17.7 Å². The Bertz CT molecular complexity index is 687. The summed E-state index contributed by atoms with van der Waals surface area (Å²) in [5, 5.41) is 9.25. The molecule has 0 spiro atoms. The van der Waals surface area contributed by atoms with Crippen molar-refractivity contribution in [2.75, 3.05) is 0 Å². The molecule has 0 saturated carbocycles. The van der Waals surface area contributed by atoms with Crippen LogP contribution < -0.4 is 5.43 Å². The molecular formula is C16H17NO3. The molecule has 0 aliphatic rings. The van der Waals surface area contributed by atoms with Gasteiger partial charge in [0.2, 0.25) is 0 Å². The molecule has 104 valence electrons. The molecule has 0 saturated heterocycles. The normalized spacial score (nSPS) is 10.5. The zero-order valence-corrected chi connectivity index (χ0v) is 11.6. The monoisotopic (exact) mass is 271 g/mol. The first kappa shape index (κ1) is 14.1. The van der Waals surface area contributed by atoms with Crippen LogP contribution in [-0.2, 0) is 13.5 Å². The molecule has 0 bridgehead atoms. The number of benzene rings is 1. The van der Waals surface area contributed by atoms with E-state index in [1.54, 1.807) is 7.05 Å². The smallest absolute Gasteiger partial charge is 0.341 e. The summed E-state index contributed by atoms with van der Waals surface area (Å²) in [5.41, 5.74) is 1.67. The maximum Gasteiger partial charge on any atom is 0.341 e. The number of aromatic nitrogens is 1. The first-order valence-electron chi connectivity index (χ1n) is 6.57. The van der Waals surface area contributed by atoms with Crippen LogP contribution in [-0.4, -0.2) is 15.6 Å². The van der Waals surface area contributed by atoms with Gasteiger partial charge in [0.15, 0.2) is 5.43 Å². The molecule has 2 rings (SSSR count). The fraction of sp³-hybridized carbons (Fsp3) is 0.250. The van der Waals surface area contributed by atoms with E-state index >= 15 is 0 Å². The molecule has 2 aromatic rings. The molecule has 0 amide bonds. The van der Waals surface area contributed by atoms with Crippen LogP contribution in [0.5, 0.6) is 0 Å². The van der Waals surface area contributed by atoms with Crippen LogP contribution in [0.15, 0.2) is 41.2 Å². The summed E-state index contributed by atoms with van der Waals surface area (Å²) in [5.74, 6) is -1.16. The first-order chi connectivity index (χ1) is 9.56. The van der Waals surface area contributed by atoms with Gasteiger partial charge in [0.05, 0.1) is 5.69 Å². The average molecular weight is 271 g/mol. The highest BCUT2D eigenvalue weighted by Crippen LogP contribution is 2.20. The third-order valence-corrected chi connectivity index (χ3v) is 3.34. The number of carboxylic acids is 1. The van der Waals surface area contributed by atoms with Crippen molar-refractivity contribution in [1.82, 2.24) is 4.57 Å². The Balaban J connectivity index is 2.74. The lowest BCUT2D eigenvalue weighted by Crippen LogP contribution is -2.23. The predicted molar refractivity (Wildman–Crippen MR) is 78.1 cm³/mol. The predicted octanol–water partition coefficient (Wildman–Crippen LogP) is 2.70. The standard InChI is InChI=1S/C16H17NO3/c1-3-7-12-15(16(19)20)14(18)10-13(17(12)2)11-8-5-4-6-9-11/h4-6,8-10H,3,7H2,1-2H3,(H,19,20). The van der Waals surface area contributed by atoms with Gasteiger partial charge in [-0.05, 0) is 12.0 Å². The minimum Gasteiger partial charge on any atom is -0.477 e. The van der Waals surface area contributed by atoms with Gasteiger partial charge in [-0.1, -0.05) is 43.7 Å². The van der Waals surface area contributed by atoms with Crippen molar-refractivity contribution in [3.8, 4) is 11.3 Å². The van der Waals surface area contributed by atoms with E-state index < -0.39 is 11.4 Å². The maximum atomic E-state index is 12.1. The van der Waals surface area contributed by atoms with Crippen LogP contribution >= 0.6 is 0 Å². The summed E-state index contributed by atoms with van der Waals surface area (Å²) in [6.07, 6.45) is 1.35. The van der Waals surface area contributed by atoms with Crippen LogP contribution in [0, 0.1) is 0 Å². The summed E-state index contributed by atoms with van der Waals surface area (Å²) in [6.45, 7) is 1.96. The molecule has 0 aliphatic carbocycles. The number of nitrogens with zero attached hydrogens (tertiary/aromatic N) is 1. The second-order valence-corrected chi connectivity index (χ2v) is 4.70. The minimum atomic E-state index is -1.16. The van der Waals surface area contributed by atoms with E-state index in [0.29, 0.717) is 12.1 Å². The van der Waals surface area contributed by atoms with E-state index in [1.807, 2.05) is 41.8 Å². The average Bonchev–Trinajstić information content (AvgIpc) is 2.43. The Morgan fingerprint density at radius 1 is 1.25 bits per heavy atom. The number of carbonyl (C=O) groups is 1. The van der Waals surface area contributed by atoms with Crippen molar-refractivity contribution in [3.05, 3.63) is 57.9 Å². The summed E-state index contributed by atoms with van der Waals surface area (Å²) in [4.78, 5) is 23.4. The lowest BCUT2D eigenvalue weighted by molar-refractivity contribution is 0.0693. The Morgan fingerprint density at radius 3 is 2.45 bits per heavy atom. The van der Waals surface area contributed by atoms with E-state index in [4.69, 9.17) is 0 Å². The van der Waals surface area contributed by atoms with Crippen LogP contribution in [0.3, 0.4) is 0 Å². The quantitative estimate of drug-likeness (QED) is 0.930. The zero-order chi connectivity index (χ0) is 14.7. The number of hydrogen-bond donors (Lipinski definition) is 1. The summed E-state index contributed by atoms with van der Waals surface area (Å²) in [7, 11) is 1.80.